The fourth-order valence-electron chi connectivity index (χ4n) is 19.5. The van der Waals surface area contributed by atoms with Gasteiger partial charge in [0.1, 0.15) is 11.3 Å². The van der Waals surface area contributed by atoms with Crippen molar-refractivity contribution in [1.29, 1.82) is 0 Å². The molecule has 11 N–H and O–H groups in total. The molecule has 15 aromatic heterocycles. The molecule has 21 aromatic rings. The number of thiazole rings is 1. The lowest BCUT2D eigenvalue weighted by Crippen LogP contribution is -2.37. The summed E-state index contributed by atoms with van der Waals surface area (Å²) in [4.78, 5) is 43.1. The number of benzene rings is 6. The number of nitrogens with two attached hydrogens (primary N) is 1. The lowest BCUT2D eigenvalue weighted by molar-refractivity contribution is -0.119. The first-order valence-corrected chi connectivity index (χ1v) is 42.8. The third kappa shape index (κ3) is 13.3. The molecule has 2 aliphatic carbocycles. The number of aryl methyl sites for hydroxylation is 7. The molecule has 6 aromatic carbocycles. The predicted molar refractivity (Wildman–Crippen MR) is 483 cm³/mol. The van der Waals surface area contributed by atoms with Crippen molar-refractivity contribution >= 4 is 142 Å². The van der Waals surface area contributed by atoms with E-state index in [1.165, 1.54) is 78.1 Å². The molecule has 32 heteroatoms. The third-order valence-corrected chi connectivity index (χ3v) is 26.1. The van der Waals surface area contributed by atoms with Crippen molar-refractivity contribution < 1.29 is 18.7 Å². The van der Waals surface area contributed by atoms with E-state index in [0.29, 0.717) is 23.9 Å². The normalized spacial score (nSPS) is 14.9. The van der Waals surface area contributed by atoms with Crippen LogP contribution in [0.25, 0.3) is 176 Å². The third-order valence-electron chi connectivity index (χ3n) is 25.2. The summed E-state index contributed by atoms with van der Waals surface area (Å²) in [6.07, 6.45) is 26.3. The molecule has 0 saturated heterocycles. The number of nitrogens with one attached hydrogen (secondary N) is 9. The minimum absolute atomic E-state index is 0.00969. The second-order valence-electron chi connectivity index (χ2n) is 33.0. The molecule has 5 aliphatic rings. The Bertz CT molecular complexity index is 7930. The SMILES string of the molecule is CC(=O)NC1CCc2c(c(-c3cn[nH]c3C)nc3ccc4[nH]ncc4c23)C1.CN1CCc2c(c(-c3ccc4nc(N)sc4c3)nc3ccc4[nH]ncc4c23)C1.Cc1[nH]ncc1-c1nc2ccc3[nH]ncc3c2c2c1CCO2.Cc1[nH]ncc1-c1nc2ccc3[nH]ncc3c2c2c1COCC2.Cc1nn(C)cc1-c1nc2c(F)cc3[nH]ncc3c2c2c1CCCC2. The number of anilines is 1. The van der Waals surface area contributed by atoms with Gasteiger partial charge in [-0.15, -0.1) is 0 Å². The number of halogens is 1. The number of aromatic nitrogens is 24. The van der Waals surface area contributed by atoms with E-state index in [2.05, 4.69) is 145 Å². The van der Waals surface area contributed by atoms with E-state index in [1.54, 1.807) is 17.8 Å². The van der Waals surface area contributed by atoms with Crippen molar-refractivity contribution in [3.8, 4) is 62.0 Å². The highest BCUT2D eigenvalue weighted by atomic mass is 32.1. The number of likely N-dealkylation sites (N-methyl/N-ethyl adjacent to an activating group) is 1. The van der Waals surface area contributed by atoms with Crippen LogP contribution >= 0.6 is 11.3 Å². The van der Waals surface area contributed by atoms with Gasteiger partial charge in [-0.2, -0.15) is 45.9 Å². The van der Waals surface area contributed by atoms with Gasteiger partial charge in [-0.1, -0.05) is 17.4 Å². The van der Waals surface area contributed by atoms with Crippen molar-refractivity contribution in [2.45, 2.75) is 118 Å². The second kappa shape index (κ2) is 30.8. The highest BCUT2D eigenvalue weighted by Gasteiger charge is 2.32. The zero-order valence-corrected chi connectivity index (χ0v) is 70.3. The molecule has 0 bridgehead atoms. The van der Waals surface area contributed by atoms with Crippen LogP contribution in [0.2, 0.25) is 0 Å². The molecule has 0 fully saturated rings. The Hall–Kier alpha value is -14.6. The van der Waals surface area contributed by atoms with E-state index in [4.69, 9.17) is 40.1 Å². The van der Waals surface area contributed by atoms with Gasteiger partial charge >= 0.3 is 0 Å². The van der Waals surface area contributed by atoms with Crippen molar-refractivity contribution in [1.82, 2.24) is 131 Å². The van der Waals surface area contributed by atoms with Crippen LogP contribution in [0, 0.1) is 33.5 Å². The molecule has 125 heavy (non-hydrogen) atoms. The predicted octanol–water partition coefficient (Wildman–Crippen LogP) is 16.2. The Labute approximate surface area is 714 Å². The molecule has 1 amide bonds. The first-order valence-electron chi connectivity index (χ1n) is 42.0. The maximum absolute atomic E-state index is 14.8. The van der Waals surface area contributed by atoms with Gasteiger partial charge in [-0.25, -0.2) is 34.3 Å². The standard InChI is InChI=1S/C21H18N6S.C20H20N6O.C19H18FN5.C17H15N5O.C16H13N5O/c1-27-7-6-12-14(10-27)20(11-2-3-16-18(8-11)28-21(22)25-16)24-17-5-4-15-13(19(12)17)9-23-26-15;1-10-15(8-21-25-10)20-14-7-12(23-11(2)27)3-4-13(14)19-16-9-22-26-17(16)5-6-18(19)24-20;1-10-14(9-25(2)24-10)18-12-6-4-3-5-11(12)17-13-8-21-23-16(13)7-15(20)19(17)22-18;1-9-11(6-18-21-9)17-13-8-23-5-4-10(13)16-12-7-19-22-14(12)2-3-15(16)20-17;1-8-10(6-17-20-8)15-9-4-5-22-16(9)14-11-7-18-21-12(11)2-3-13(14)19-15/h2-5,8-9H,6-7,10H2,1H3,(H2,22,25)(H,23,26);5-6,8-9,12H,3-4,7H2,1-2H3,(H,21,25)(H,22,26)(H,23,27);7-9H,3-6H2,1-2H3,(H,21,23);2-3,6-7H,4-5,8H2,1H3,(H,18,21)(H,19,22);2-3,6-7H,4-5H2,1H3,(H,17,20)(H,18,21). The van der Waals surface area contributed by atoms with E-state index in [9.17, 15) is 9.18 Å². The Morgan fingerprint density at radius 2 is 0.968 bits per heavy atom. The van der Waals surface area contributed by atoms with Gasteiger partial charge < -0.3 is 25.4 Å². The van der Waals surface area contributed by atoms with Crippen LogP contribution in [0.5, 0.6) is 5.75 Å². The largest absolute Gasteiger partial charge is 0.492 e. The fraction of sp³-hybridized carbons (Fsp3) is 0.247. The zero-order valence-electron chi connectivity index (χ0n) is 69.5. The van der Waals surface area contributed by atoms with Gasteiger partial charge in [0.2, 0.25) is 5.91 Å². The number of amides is 1. The molecule has 30 nitrogen and oxygen atoms in total. The van der Waals surface area contributed by atoms with Gasteiger partial charge in [-0.05, 0) is 192 Å². The minimum atomic E-state index is -0.303. The van der Waals surface area contributed by atoms with Crippen LogP contribution in [0.1, 0.15) is 99.0 Å². The number of ether oxygens (including phenoxy) is 2. The number of nitrogen functional groups attached to an aromatic ring is 1. The van der Waals surface area contributed by atoms with Crippen LogP contribution in [0.3, 0.4) is 0 Å². The smallest absolute Gasteiger partial charge is 0.217 e. The van der Waals surface area contributed by atoms with Gasteiger partial charge in [0, 0.05) is 156 Å². The molecule has 622 valence electrons. The lowest BCUT2D eigenvalue weighted by Gasteiger charge is -2.28. The van der Waals surface area contributed by atoms with Crippen LogP contribution in [-0.4, -0.2) is 165 Å². The van der Waals surface area contributed by atoms with Gasteiger partial charge in [0.15, 0.2) is 10.9 Å². The van der Waals surface area contributed by atoms with Crippen molar-refractivity contribution in [2.24, 2.45) is 7.05 Å². The van der Waals surface area contributed by atoms with Crippen LogP contribution in [0.4, 0.5) is 9.52 Å². The quantitative estimate of drug-likeness (QED) is 0.0739. The first-order chi connectivity index (χ1) is 61.1. The van der Waals surface area contributed by atoms with Gasteiger partial charge in [0.05, 0.1) is 169 Å². The highest BCUT2D eigenvalue weighted by molar-refractivity contribution is 7.22. The van der Waals surface area contributed by atoms with Crippen molar-refractivity contribution in [2.75, 3.05) is 32.5 Å². The average molecular weight is 1680 g/mol. The topological polar surface area (TPSA) is 401 Å². The first kappa shape index (κ1) is 76.5. The van der Waals surface area contributed by atoms with E-state index in [1.807, 2.05) is 115 Å². The number of H-pyrrole nitrogens is 8. The Balaban J connectivity index is 0.0000000929. The molecular formula is C93H84FN27O3S. The second-order valence-corrected chi connectivity index (χ2v) is 34.1. The summed E-state index contributed by atoms with van der Waals surface area (Å²) >= 11 is 1.52. The number of fused-ring (bicyclic) bond motifs is 26. The molecule has 0 saturated carbocycles. The van der Waals surface area contributed by atoms with E-state index in [-0.39, 0.29) is 17.8 Å². The number of hydrogen-bond acceptors (Lipinski definition) is 21. The van der Waals surface area contributed by atoms with E-state index < -0.39 is 0 Å². The summed E-state index contributed by atoms with van der Waals surface area (Å²) in [5.74, 6) is 0.644. The summed E-state index contributed by atoms with van der Waals surface area (Å²) in [5.41, 5.74) is 41.4. The van der Waals surface area contributed by atoms with Crippen LogP contribution in [0.15, 0.2) is 129 Å². The number of aromatic amines is 8. The number of hydrogen-bond donors (Lipinski definition) is 10. The summed E-state index contributed by atoms with van der Waals surface area (Å²) in [6.45, 7) is 13.5. The fourth-order valence-corrected chi connectivity index (χ4v) is 20.3. The Morgan fingerprint density at radius 3 is 1.54 bits per heavy atom. The van der Waals surface area contributed by atoms with Crippen molar-refractivity contribution in [3.05, 3.63) is 207 Å². The summed E-state index contributed by atoms with van der Waals surface area (Å²) < 4.78 is 29.4. The summed E-state index contributed by atoms with van der Waals surface area (Å²) in [5, 5.41) is 76.5. The van der Waals surface area contributed by atoms with Crippen molar-refractivity contribution in [3.63, 3.8) is 0 Å². The zero-order chi connectivity index (χ0) is 84.6. The number of carbonyl (C=O) groups is 1. The van der Waals surface area contributed by atoms with Crippen LogP contribution in [-0.2, 0) is 74.7 Å². The molecular weight excluding hydrogens is 1590 g/mol. The average Bonchev–Trinajstić information content (AvgIpc) is 1.64. The minimum Gasteiger partial charge on any atom is -0.492 e. The molecule has 18 heterocycles. The highest BCUT2D eigenvalue weighted by Crippen LogP contribution is 2.47. The van der Waals surface area contributed by atoms with Crippen LogP contribution < -0.4 is 15.8 Å². The van der Waals surface area contributed by atoms with Gasteiger partial charge in [-0.3, -0.25) is 50.3 Å². The number of rotatable bonds is 6. The maximum atomic E-state index is 14.8. The van der Waals surface area contributed by atoms with E-state index in [0.717, 1.165) is 272 Å². The Kier molecular flexibility index (Phi) is 18.8. The molecule has 0 radical (unpaired) electrons. The molecule has 26 rings (SSSR count). The molecule has 0 spiro atoms. The number of pyridine rings is 5. The lowest BCUT2D eigenvalue weighted by atomic mass is 9.83. The Morgan fingerprint density at radius 1 is 0.480 bits per heavy atom. The molecule has 1 unspecified atom stereocenters. The molecule has 1 atom stereocenters. The maximum Gasteiger partial charge on any atom is 0.217 e. The molecule has 3 aliphatic heterocycles. The number of carbonyl (C=O) groups excluding carboxylic acids is 1. The van der Waals surface area contributed by atoms with Gasteiger partial charge in [0.25, 0.3) is 0 Å². The monoisotopic (exact) mass is 1680 g/mol. The van der Waals surface area contributed by atoms with E-state index >= 15 is 0 Å². The summed E-state index contributed by atoms with van der Waals surface area (Å²) in [7, 11) is 4.07. The number of nitrogens with zero attached hydrogens (tertiary/aromatic N) is 17. The summed E-state index contributed by atoms with van der Waals surface area (Å²) in [6, 6.07) is 24.3.